The van der Waals surface area contributed by atoms with Crippen molar-refractivity contribution in [2.24, 2.45) is 4.99 Å². The van der Waals surface area contributed by atoms with E-state index in [4.69, 9.17) is 0 Å². The minimum atomic E-state index is 0.579. The standard InChI is InChI=1S/C15H24N6S2/c1-5-16-14(17-7-6-12-9-22-11(2)19-12)18-8-13-10-23-15(20-13)21(3)4/h9-10H,5-8H2,1-4H3,(H2,16,17,18). The van der Waals surface area contributed by atoms with E-state index in [1.807, 2.05) is 25.9 Å². The highest BCUT2D eigenvalue weighted by molar-refractivity contribution is 7.13. The molecule has 0 radical (unpaired) electrons. The van der Waals surface area contributed by atoms with Crippen molar-refractivity contribution in [1.82, 2.24) is 20.6 Å². The highest BCUT2D eigenvalue weighted by Gasteiger charge is 2.04. The molecule has 0 spiro atoms. The van der Waals surface area contributed by atoms with Crippen LogP contribution in [0, 0.1) is 6.92 Å². The molecule has 6 nitrogen and oxygen atoms in total. The molecule has 126 valence electrons. The van der Waals surface area contributed by atoms with Gasteiger partial charge in [0, 0.05) is 44.4 Å². The summed E-state index contributed by atoms with van der Waals surface area (Å²) >= 11 is 3.33. The van der Waals surface area contributed by atoms with Crippen molar-refractivity contribution in [2.75, 3.05) is 32.1 Å². The molecule has 0 aliphatic heterocycles. The topological polar surface area (TPSA) is 65.4 Å². The molecule has 23 heavy (non-hydrogen) atoms. The van der Waals surface area contributed by atoms with Crippen LogP contribution in [0.25, 0.3) is 0 Å². The van der Waals surface area contributed by atoms with E-state index < -0.39 is 0 Å². The molecule has 0 unspecified atom stereocenters. The Morgan fingerprint density at radius 3 is 2.57 bits per heavy atom. The van der Waals surface area contributed by atoms with Crippen LogP contribution in [-0.2, 0) is 13.0 Å². The lowest BCUT2D eigenvalue weighted by Crippen LogP contribution is -2.38. The van der Waals surface area contributed by atoms with Gasteiger partial charge in [-0.3, -0.25) is 0 Å². The summed E-state index contributed by atoms with van der Waals surface area (Å²) in [5.74, 6) is 0.818. The van der Waals surface area contributed by atoms with Crippen LogP contribution in [-0.4, -0.2) is 43.1 Å². The van der Waals surface area contributed by atoms with Gasteiger partial charge in [-0.1, -0.05) is 0 Å². The molecule has 0 atom stereocenters. The highest BCUT2D eigenvalue weighted by atomic mass is 32.1. The minimum absolute atomic E-state index is 0.579. The largest absolute Gasteiger partial charge is 0.357 e. The van der Waals surface area contributed by atoms with Crippen molar-refractivity contribution in [2.45, 2.75) is 26.8 Å². The van der Waals surface area contributed by atoms with Gasteiger partial charge < -0.3 is 15.5 Å². The van der Waals surface area contributed by atoms with Crippen LogP contribution in [0.2, 0.25) is 0 Å². The third-order valence-corrected chi connectivity index (χ3v) is 4.89. The Kier molecular flexibility index (Phi) is 6.79. The molecular weight excluding hydrogens is 328 g/mol. The van der Waals surface area contributed by atoms with Gasteiger partial charge in [0.15, 0.2) is 11.1 Å². The van der Waals surface area contributed by atoms with Crippen LogP contribution >= 0.6 is 22.7 Å². The lowest BCUT2D eigenvalue weighted by atomic mass is 10.3. The zero-order valence-electron chi connectivity index (χ0n) is 14.1. The van der Waals surface area contributed by atoms with Gasteiger partial charge >= 0.3 is 0 Å². The van der Waals surface area contributed by atoms with Gasteiger partial charge in [0.2, 0.25) is 0 Å². The van der Waals surface area contributed by atoms with Crippen molar-refractivity contribution >= 4 is 33.8 Å². The maximum atomic E-state index is 4.60. The number of nitrogens with zero attached hydrogens (tertiary/aromatic N) is 4. The number of aryl methyl sites for hydroxylation is 1. The molecule has 0 aromatic carbocycles. The number of anilines is 1. The molecule has 0 aliphatic carbocycles. The molecule has 2 N–H and O–H groups in total. The molecule has 0 fully saturated rings. The minimum Gasteiger partial charge on any atom is -0.357 e. The third-order valence-electron chi connectivity index (χ3n) is 3.01. The fourth-order valence-electron chi connectivity index (χ4n) is 1.91. The molecule has 2 aromatic heterocycles. The van der Waals surface area contributed by atoms with Crippen LogP contribution in [0.1, 0.15) is 23.3 Å². The Morgan fingerprint density at radius 2 is 1.96 bits per heavy atom. The van der Waals surface area contributed by atoms with Crippen molar-refractivity contribution in [1.29, 1.82) is 0 Å². The number of hydrogen-bond acceptors (Lipinski definition) is 6. The van der Waals surface area contributed by atoms with Gasteiger partial charge in [-0.25, -0.2) is 15.0 Å². The van der Waals surface area contributed by atoms with Crippen molar-refractivity contribution in [3.05, 3.63) is 27.2 Å². The summed E-state index contributed by atoms with van der Waals surface area (Å²) in [4.78, 5) is 15.6. The first-order valence-electron chi connectivity index (χ1n) is 7.63. The van der Waals surface area contributed by atoms with Crippen LogP contribution in [0.5, 0.6) is 0 Å². The van der Waals surface area contributed by atoms with E-state index in [1.165, 1.54) is 0 Å². The van der Waals surface area contributed by atoms with Gasteiger partial charge in [-0.15, -0.1) is 22.7 Å². The van der Waals surface area contributed by atoms with Gasteiger partial charge in [0.1, 0.15) is 0 Å². The monoisotopic (exact) mass is 352 g/mol. The Morgan fingerprint density at radius 1 is 1.17 bits per heavy atom. The first-order chi connectivity index (χ1) is 11.1. The Hall–Kier alpha value is -1.67. The van der Waals surface area contributed by atoms with E-state index >= 15 is 0 Å². The van der Waals surface area contributed by atoms with Crippen LogP contribution in [0.4, 0.5) is 5.13 Å². The van der Waals surface area contributed by atoms with Crippen LogP contribution in [0.15, 0.2) is 15.8 Å². The second-order valence-electron chi connectivity index (χ2n) is 5.25. The maximum Gasteiger partial charge on any atom is 0.191 e. The average Bonchev–Trinajstić information content (AvgIpc) is 3.14. The Balaban J connectivity index is 1.85. The van der Waals surface area contributed by atoms with E-state index in [9.17, 15) is 0 Å². The predicted octanol–water partition coefficient (Wildman–Crippen LogP) is 2.27. The summed E-state index contributed by atoms with van der Waals surface area (Å²) in [6.07, 6.45) is 0.899. The summed E-state index contributed by atoms with van der Waals surface area (Å²) in [6.45, 7) is 6.32. The summed E-state index contributed by atoms with van der Waals surface area (Å²) in [5, 5.41) is 12.9. The SMILES string of the molecule is CCNC(=NCc1csc(N(C)C)n1)NCCc1csc(C)n1. The van der Waals surface area contributed by atoms with Gasteiger partial charge in [-0.05, 0) is 13.8 Å². The number of aliphatic imine (C=N–C) groups is 1. The molecule has 0 amide bonds. The summed E-state index contributed by atoms with van der Waals surface area (Å²) in [6, 6.07) is 0. The van der Waals surface area contributed by atoms with E-state index in [-0.39, 0.29) is 0 Å². The number of rotatable bonds is 7. The molecule has 0 saturated carbocycles. The normalized spacial score (nSPS) is 11.6. The smallest absolute Gasteiger partial charge is 0.191 e. The lowest BCUT2D eigenvalue weighted by Gasteiger charge is -2.10. The summed E-state index contributed by atoms with van der Waals surface area (Å²) in [7, 11) is 4.00. The Bertz CT molecular complexity index is 631. The number of nitrogens with one attached hydrogen (secondary N) is 2. The zero-order valence-corrected chi connectivity index (χ0v) is 15.7. The fourth-order valence-corrected chi connectivity index (χ4v) is 3.30. The Labute approximate surface area is 145 Å². The van der Waals surface area contributed by atoms with Crippen molar-refractivity contribution in [3.8, 4) is 0 Å². The summed E-state index contributed by atoms with van der Waals surface area (Å²) in [5.41, 5.74) is 2.12. The molecule has 2 heterocycles. The number of hydrogen-bond donors (Lipinski definition) is 2. The third kappa shape index (κ3) is 5.80. The van der Waals surface area contributed by atoms with E-state index in [0.29, 0.717) is 6.54 Å². The predicted molar refractivity (Wildman–Crippen MR) is 99.8 cm³/mol. The van der Waals surface area contributed by atoms with E-state index in [0.717, 1.165) is 47.0 Å². The van der Waals surface area contributed by atoms with Crippen molar-refractivity contribution in [3.63, 3.8) is 0 Å². The summed E-state index contributed by atoms with van der Waals surface area (Å²) < 4.78 is 0. The molecule has 0 saturated heterocycles. The zero-order chi connectivity index (χ0) is 16.7. The van der Waals surface area contributed by atoms with Gasteiger partial charge in [-0.2, -0.15) is 0 Å². The number of thiazole rings is 2. The second kappa shape index (κ2) is 8.83. The van der Waals surface area contributed by atoms with E-state index in [1.54, 1.807) is 22.7 Å². The highest BCUT2D eigenvalue weighted by Crippen LogP contribution is 2.18. The fraction of sp³-hybridized carbons (Fsp3) is 0.533. The first-order valence-corrected chi connectivity index (χ1v) is 9.39. The second-order valence-corrected chi connectivity index (χ2v) is 7.14. The van der Waals surface area contributed by atoms with Crippen molar-refractivity contribution < 1.29 is 0 Å². The molecule has 0 aliphatic rings. The first kappa shape index (κ1) is 17.7. The maximum absolute atomic E-state index is 4.60. The average molecular weight is 353 g/mol. The van der Waals surface area contributed by atoms with Gasteiger partial charge in [0.05, 0.1) is 22.9 Å². The van der Waals surface area contributed by atoms with Gasteiger partial charge in [0.25, 0.3) is 0 Å². The lowest BCUT2D eigenvalue weighted by molar-refractivity contribution is 0.788. The molecule has 2 rings (SSSR count). The molecule has 0 bridgehead atoms. The van der Waals surface area contributed by atoms with Crippen LogP contribution < -0.4 is 15.5 Å². The van der Waals surface area contributed by atoms with Crippen LogP contribution in [0.3, 0.4) is 0 Å². The molecular formula is C15H24N6S2. The number of aromatic nitrogens is 2. The molecule has 2 aromatic rings. The molecule has 8 heteroatoms. The van der Waals surface area contributed by atoms with E-state index in [2.05, 4.69) is 43.3 Å². The quantitative estimate of drug-likeness (QED) is 0.591. The number of guanidine groups is 1.